The number of rotatable bonds is 3. The fourth-order valence-electron chi connectivity index (χ4n) is 2.50. The van der Waals surface area contributed by atoms with Crippen molar-refractivity contribution in [3.05, 3.63) is 0 Å². The molecule has 2 atom stereocenters. The Morgan fingerprint density at radius 3 is 2.62 bits per heavy atom. The zero-order valence-corrected chi connectivity index (χ0v) is 8.42. The van der Waals surface area contributed by atoms with Crippen LogP contribution in [0.1, 0.15) is 33.1 Å². The fourth-order valence-corrected chi connectivity index (χ4v) is 2.50. The normalized spacial score (nSPS) is 40.9. The molecule has 3 nitrogen and oxygen atoms in total. The molecule has 0 radical (unpaired) electrons. The maximum absolute atomic E-state index is 11.4. The van der Waals surface area contributed by atoms with Gasteiger partial charge in [0.05, 0.1) is 7.11 Å². The standard InChI is InChI=1S/C10H16O3/c1-7(2)6-9-4-5-10(9,13-9)8(11)12-3/h7H,4-6H2,1-3H3. The van der Waals surface area contributed by atoms with Crippen molar-refractivity contribution < 1.29 is 14.3 Å². The summed E-state index contributed by atoms with van der Waals surface area (Å²) in [6.45, 7) is 4.30. The van der Waals surface area contributed by atoms with Crippen molar-refractivity contribution in [1.82, 2.24) is 0 Å². The number of hydrogen-bond donors (Lipinski definition) is 0. The molecule has 1 aliphatic carbocycles. The Morgan fingerprint density at radius 2 is 2.23 bits per heavy atom. The first kappa shape index (κ1) is 9.00. The number of carbonyl (C=O) groups is 1. The molecule has 0 aromatic heterocycles. The highest BCUT2D eigenvalue weighted by Gasteiger charge is 2.81. The smallest absolute Gasteiger partial charge is 0.341 e. The lowest BCUT2D eigenvalue weighted by molar-refractivity contribution is -0.148. The molecular formula is C10H16O3. The van der Waals surface area contributed by atoms with Gasteiger partial charge in [0.25, 0.3) is 0 Å². The average Bonchev–Trinajstić information content (AvgIpc) is 2.50. The zero-order valence-electron chi connectivity index (χ0n) is 8.42. The van der Waals surface area contributed by atoms with Crippen LogP contribution in [0.2, 0.25) is 0 Å². The Labute approximate surface area is 78.4 Å². The molecule has 0 aromatic carbocycles. The van der Waals surface area contributed by atoms with Crippen LogP contribution in [0.5, 0.6) is 0 Å². The lowest BCUT2D eigenvalue weighted by Gasteiger charge is -2.28. The first-order valence-corrected chi connectivity index (χ1v) is 4.85. The molecule has 0 aromatic rings. The van der Waals surface area contributed by atoms with Crippen molar-refractivity contribution in [2.24, 2.45) is 5.92 Å². The van der Waals surface area contributed by atoms with E-state index in [0.717, 1.165) is 19.3 Å². The van der Waals surface area contributed by atoms with E-state index in [-0.39, 0.29) is 11.6 Å². The van der Waals surface area contributed by atoms with Gasteiger partial charge >= 0.3 is 5.97 Å². The number of esters is 1. The van der Waals surface area contributed by atoms with Gasteiger partial charge in [-0.1, -0.05) is 13.8 Å². The summed E-state index contributed by atoms with van der Waals surface area (Å²) in [5.74, 6) is 0.395. The van der Waals surface area contributed by atoms with Gasteiger partial charge in [0.1, 0.15) is 5.60 Å². The highest BCUT2D eigenvalue weighted by atomic mass is 16.7. The summed E-state index contributed by atoms with van der Waals surface area (Å²) >= 11 is 0. The van der Waals surface area contributed by atoms with Gasteiger partial charge in [-0.3, -0.25) is 0 Å². The van der Waals surface area contributed by atoms with Crippen LogP contribution >= 0.6 is 0 Å². The molecule has 0 bridgehead atoms. The Hall–Kier alpha value is -0.570. The van der Waals surface area contributed by atoms with Crippen LogP contribution in [0.3, 0.4) is 0 Å². The van der Waals surface area contributed by atoms with E-state index in [2.05, 4.69) is 13.8 Å². The summed E-state index contributed by atoms with van der Waals surface area (Å²) in [5.41, 5.74) is -0.680. The summed E-state index contributed by atoms with van der Waals surface area (Å²) < 4.78 is 10.3. The summed E-state index contributed by atoms with van der Waals surface area (Å²) in [4.78, 5) is 11.4. The van der Waals surface area contributed by atoms with E-state index in [4.69, 9.17) is 9.47 Å². The van der Waals surface area contributed by atoms with Gasteiger partial charge < -0.3 is 9.47 Å². The van der Waals surface area contributed by atoms with Crippen molar-refractivity contribution in [3.8, 4) is 0 Å². The molecular weight excluding hydrogens is 168 g/mol. The summed E-state index contributed by atoms with van der Waals surface area (Å²) in [6.07, 6.45) is 2.83. The second kappa shape index (κ2) is 2.47. The van der Waals surface area contributed by atoms with E-state index in [0.29, 0.717) is 5.92 Å². The molecule has 13 heavy (non-hydrogen) atoms. The van der Waals surface area contributed by atoms with Gasteiger partial charge in [-0.2, -0.15) is 0 Å². The second-order valence-electron chi connectivity index (χ2n) is 4.51. The van der Waals surface area contributed by atoms with Gasteiger partial charge in [-0.25, -0.2) is 4.79 Å². The SMILES string of the molecule is COC(=O)C12CCC1(CC(C)C)O2. The molecule has 2 aliphatic rings. The molecule has 2 rings (SSSR count). The monoisotopic (exact) mass is 184 g/mol. The first-order valence-electron chi connectivity index (χ1n) is 4.85. The minimum Gasteiger partial charge on any atom is -0.467 e. The number of carbonyl (C=O) groups excluding carboxylic acids is 1. The third-order valence-corrected chi connectivity index (χ3v) is 3.20. The van der Waals surface area contributed by atoms with Crippen molar-refractivity contribution in [3.63, 3.8) is 0 Å². The Bertz CT molecular complexity index is 249. The quantitative estimate of drug-likeness (QED) is 0.493. The molecule has 2 unspecified atom stereocenters. The summed E-state index contributed by atoms with van der Waals surface area (Å²) in [6, 6.07) is 0. The van der Waals surface area contributed by atoms with Crippen LogP contribution in [0.4, 0.5) is 0 Å². The van der Waals surface area contributed by atoms with Gasteiger partial charge in [-0.05, 0) is 25.2 Å². The minimum atomic E-state index is -0.536. The van der Waals surface area contributed by atoms with Crippen molar-refractivity contribution in [2.45, 2.75) is 44.3 Å². The van der Waals surface area contributed by atoms with E-state index < -0.39 is 5.60 Å². The van der Waals surface area contributed by atoms with Gasteiger partial charge in [0, 0.05) is 0 Å². The fraction of sp³-hybridized carbons (Fsp3) is 0.900. The first-order chi connectivity index (χ1) is 6.06. The van der Waals surface area contributed by atoms with Crippen LogP contribution in [-0.4, -0.2) is 24.3 Å². The van der Waals surface area contributed by atoms with Gasteiger partial charge in [0.15, 0.2) is 5.60 Å². The van der Waals surface area contributed by atoms with Crippen LogP contribution in [0, 0.1) is 5.92 Å². The lowest BCUT2D eigenvalue weighted by atomic mass is 9.70. The Balaban J connectivity index is 2.04. The van der Waals surface area contributed by atoms with Gasteiger partial charge in [0.2, 0.25) is 0 Å². The van der Waals surface area contributed by atoms with E-state index >= 15 is 0 Å². The largest absolute Gasteiger partial charge is 0.467 e. The molecule has 0 spiro atoms. The van der Waals surface area contributed by atoms with Crippen LogP contribution in [-0.2, 0) is 14.3 Å². The molecule has 0 amide bonds. The molecule has 2 fully saturated rings. The van der Waals surface area contributed by atoms with Crippen LogP contribution < -0.4 is 0 Å². The molecule has 1 aliphatic heterocycles. The maximum atomic E-state index is 11.4. The lowest BCUT2D eigenvalue weighted by Crippen LogP contribution is -2.44. The third kappa shape index (κ3) is 0.966. The third-order valence-electron chi connectivity index (χ3n) is 3.20. The highest BCUT2D eigenvalue weighted by molar-refractivity contribution is 5.86. The second-order valence-corrected chi connectivity index (χ2v) is 4.51. The van der Waals surface area contributed by atoms with E-state index in [9.17, 15) is 4.79 Å². The van der Waals surface area contributed by atoms with Crippen LogP contribution in [0.15, 0.2) is 0 Å². The van der Waals surface area contributed by atoms with Crippen LogP contribution in [0.25, 0.3) is 0 Å². The molecule has 1 saturated heterocycles. The highest BCUT2D eigenvalue weighted by Crippen LogP contribution is 2.66. The minimum absolute atomic E-state index is 0.145. The molecule has 0 N–H and O–H groups in total. The number of hydrogen-bond acceptors (Lipinski definition) is 3. The van der Waals surface area contributed by atoms with Gasteiger partial charge in [-0.15, -0.1) is 0 Å². The summed E-state index contributed by atoms with van der Waals surface area (Å²) in [7, 11) is 1.43. The van der Waals surface area contributed by atoms with Crippen molar-refractivity contribution in [1.29, 1.82) is 0 Å². The predicted octanol–water partition coefficient (Wildman–Crippen LogP) is 1.51. The average molecular weight is 184 g/mol. The number of ether oxygens (including phenoxy) is 2. The van der Waals surface area contributed by atoms with E-state index in [1.54, 1.807) is 0 Å². The molecule has 3 heteroatoms. The summed E-state index contributed by atoms with van der Waals surface area (Å²) in [5, 5.41) is 0. The predicted molar refractivity (Wildman–Crippen MR) is 47.3 cm³/mol. The van der Waals surface area contributed by atoms with Crippen molar-refractivity contribution >= 4 is 5.97 Å². The molecule has 1 saturated carbocycles. The Kier molecular flexibility index (Phi) is 1.71. The van der Waals surface area contributed by atoms with Crippen molar-refractivity contribution in [2.75, 3.05) is 7.11 Å². The molecule has 1 heterocycles. The zero-order chi connectivity index (χ0) is 9.69. The number of fused-ring (bicyclic) bond motifs is 1. The number of methoxy groups -OCH3 is 1. The van der Waals surface area contributed by atoms with E-state index in [1.165, 1.54) is 7.11 Å². The van der Waals surface area contributed by atoms with E-state index in [1.807, 2.05) is 0 Å². The Morgan fingerprint density at radius 1 is 1.54 bits per heavy atom. The molecule has 74 valence electrons. The topological polar surface area (TPSA) is 38.8 Å². The number of epoxide rings is 1. The maximum Gasteiger partial charge on any atom is 0.341 e.